The van der Waals surface area contributed by atoms with E-state index in [2.05, 4.69) is 23.8 Å². The van der Waals surface area contributed by atoms with E-state index in [1.54, 1.807) is 27.9 Å². The number of aliphatic hydroxyl groups is 1. The Kier molecular flexibility index (Phi) is 11.1. The normalized spacial score (nSPS) is 41.2. The number of rotatable bonds is 7. The number of carbonyl (C=O) groups is 2. The van der Waals surface area contributed by atoms with E-state index in [0.29, 0.717) is 18.8 Å². The molecule has 0 radical (unpaired) electrons. The summed E-state index contributed by atoms with van der Waals surface area (Å²) in [6, 6.07) is -0.0898. The topological polar surface area (TPSA) is 101 Å². The second kappa shape index (κ2) is 13.7. The van der Waals surface area contributed by atoms with E-state index in [0.717, 1.165) is 25.6 Å². The molecule has 0 spiro atoms. The van der Waals surface area contributed by atoms with Crippen LogP contribution in [-0.2, 0) is 28.5 Å². The largest absolute Gasteiger partial charge is 0.463 e. The fraction of sp³-hybridized carbons (Fsp3) is 0.939. The van der Waals surface area contributed by atoms with E-state index in [9.17, 15) is 14.7 Å². The highest BCUT2D eigenvalue weighted by Gasteiger charge is 2.52. The Morgan fingerprint density at radius 2 is 1.72 bits per heavy atom. The van der Waals surface area contributed by atoms with Gasteiger partial charge >= 0.3 is 5.97 Å². The van der Waals surface area contributed by atoms with Crippen LogP contribution in [-0.4, -0.2) is 135 Å². The fourth-order valence-corrected chi connectivity index (χ4v) is 7.73. The summed E-state index contributed by atoms with van der Waals surface area (Å²) < 4.78 is 25.0. The van der Waals surface area contributed by atoms with Crippen LogP contribution in [0.1, 0.15) is 67.2 Å². The van der Waals surface area contributed by atoms with Crippen molar-refractivity contribution < 1.29 is 33.6 Å². The smallest absolute Gasteiger partial charge is 0.319 e. The molecule has 4 rings (SSSR count). The van der Waals surface area contributed by atoms with Crippen LogP contribution in [0, 0.1) is 29.1 Å². The Morgan fingerprint density at radius 3 is 2.30 bits per heavy atom. The van der Waals surface area contributed by atoms with Gasteiger partial charge in [-0.3, -0.25) is 14.5 Å². The van der Waals surface area contributed by atoms with Crippen molar-refractivity contribution in [3.63, 3.8) is 0 Å². The van der Waals surface area contributed by atoms with Crippen LogP contribution < -0.4 is 0 Å². The summed E-state index contributed by atoms with van der Waals surface area (Å²) in [5.74, 6) is -0.0786. The number of hydrogen-bond acceptors (Lipinski definition) is 10. The minimum Gasteiger partial charge on any atom is -0.463 e. The molecule has 3 saturated heterocycles. The zero-order valence-electron chi connectivity index (χ0n) is 28.4. The Morgan fingerprint density at radius 1 is 1.07 bits per heavy atom. The number of likely N-dealkylation sites (tertiary alicyclic amines) is 1. The molecular formula is C33H59N3O7. The molecule has 0 aromatic carbocycles. The van der Waals surface area contributed by atoms with Gasteiger partial charge < -0.3 is 33.9 Å². The van der Waals surface area contributed by atoms with Gasteiger partial charge in [0.05, 0.1) is 17.8 Å². The molecule has 3 aliphatic heterocycles. The van der Waals surface area contributed by atoms with E-state index < -0.39 is 41.4 Å². The molecule has 0 aromatic heterocycles. The van der Waals surface area contributed by atoms with Crippen molar-refractivity contribution in [3.8, 4) is 0 Å². The maximum Gasteiger partial charge on any atom is 0.319 e. The molecule has 1 aliphatic carbocycles. The highest BCUT2D eigenvalue weighted by molar-refractivity contribution is 6.04. The number of ether oxygens (including phenoxy) is 4. The fourth-order valence-electron chi connectivity index (χ4n) is 7.73. The van der Waals surface area contributed by atoms with Crippen molar-refractivity contribution >= 4 is 11.8 Å². The predicted molar refractivity (Wildman–Crippen MR) is 164 cm³/mol. The lowest BCUT2D eigenvalue weighted by atomic mass is 9.74. The molecule has 4 fully saturated rings. The van der Waals surface area contributed by atoms with Crippen LogP contribution in [0.5, 0.6) is 0 Å². The molecule has 0 bridgehead atoms. The van der Waals surface area contributed by atoms with E-state index >= 15 is 0 Å². The summed E-state index contributed by atoms with van der Waals surface area (Å²) in [5.41, 5.74) is -2.28. The van der Waals surface area contributed by atoms with Gasteiger partial charge in [0, 0.05) is 57.2 Å². The van der Waals surface area contributed by atoms with Crippen LogP contribution in [0.15, 0.2) is 0 Å². The third kappa shape index (κ3) is 7.81. The minimum absolute atomic E-state index is 0.0713. The Balaban J connectivity index is 1.61. The van der Waals surface area contributed by atoms with E-state index in [-0.39, 0.29) is 36.5 Å². The summed E-state index contributed by atoms with van der Waals surface area (Å²) in [6.07, 6.45) is 1.18. The molecule has 1 saturated carbocycles. The van der Waals surface area contributed by atoms with Gasteiger partial charge in [-0.2, -0.15) is 0 Å². The lowest BCUT2D eigenvalue weighted by Gasteiger charge is -2.47. The van der Waals surface area contributed by atoms with Crippen LogP contribution in [0.3, 0.4) is 0 Å². The highest BCUT2D eigenvalue weighted by atomic mass is 16.7. The summed E-state index contributed by atoms with van der Waals surface area (Å²) in [7, 11) is 7.63. The highest BCUT2D eigenvalue weighted by Crippen LogP contribution is 2.39. The average molecular weight is 610 g/mol. The first-order chi connectivity index (χ1) is 20.1. The Hall–Kier alpha value is -1.14. The van der Waals surface area contributed by atoms with Gasteiger partial charge in [-0.15, -0.1) is 0 Å². The average Bonchev–Trinajstić information content (AvgIpc) is 3.74. The monoisotopic (exact) mass is 609 g/mol. The van der Waals surface area contributed by atoms with Crippen LogP contribution in [0.4, 0.5) is 0 Å². The second-order valence-electron chi connectivity index (χ2n) is 15.3. The van der Waals surface area contributed by atoms with Crippen molar-refractivity contribution in [1.29, 1.82) is 0 Å². The number of cyclic esters (lactones) is 1. The molecule has 10 heteroatoms. The van der Waals surface area contributed by atoms with Gasteiger partial charge in [-0.25, -0.2) is 0 Å². The first kappa shape index (κ1) is 34.7. The number of esters is 1. The molecule has 3 heterocycles. The Labute approximate surface area is 259 Å². The van der Waals surface area contributed by atoms with E-state index in [4.69, 9.17) is 18.9 Å². The summed E-state index contributed by atoms with van der Waals surface area (Å²) in [4.78, 5) is 34.6. The molecule has 0 aromatic rings. The molecule has 9 atom stereocenters. The zero-order chi connectivity index (χ0) is 31.9. The summed E-state index contributed by atoms with van der Waals surface area (Å²) >= 11 is 0. The molecule has 43 heavy (non-hydrogen) atoms. The van der Waals surface area contributed by atoms with Crippen molar-refractivity contribution in [2.75, 3.05) is 61.0 Å². The minimum atomic E-state index is -1.39. The standard InChI is InChI=1S/C33H59N3O7/c1-20-14-33(6,40-10)29(43-30-27(37)25(34(7)8)13-21(2)42-30)22(3)28(38)32(4,5)31(39)41-19-26(35(9)15-20)24-17-36(18-24)16-23-11-12-23/h20-27,29-30,37H,11-19H2,1-10H3/t20-,21-,22+,25+,26?,27-,29-,30+,33-/m1/s1. The molecule has 248 valence electrons. The van der Waals surface area contributed by atoms with Crippen LogP contribution >= 0.6 is 0 Å². The van der Waals surface area contributed by atoms with Crippen molar-refractivity contribution in [3.05, 3.63) is 0 Å². The first-order valence-electron chi connectivity index (χ1n) is 16.4. The maximum absolute atomic E-state index is 14.2. The molecule has 0 amide bonds. The number of aliphatic hydroxyl groups excluding tert-OH is 1. The zero-order valence-corrected chi connectivity index (χ0v) is 28.4. The SMILES string of the molecule is CO[C@]1(C)C[C@@H](C)CN(C)C(C2CN(CC3CC3)C2)COC(=O)C(C)(C)C(=O)[C@H](C)[C@H]1O[C@@H]1O[C@H](C)C[C@H](N(C)C)[C@H]1O. The lowest BCUT2D eigenvalue weighted by molar-refractivity contribution is -0.295. The van der Waals surface area contributed by atoms with Gasteiger partial charge in [-0.05, 0) is 86.4 Å². The third-order valence-corrected chi connectivity index (χ3v) is 10.7. The van der Waals surface area contributed by atoms with Crippen molar-refractivity contribution in [1.82, 2.24) is 14.7 Å². The number of carbonyl (C=O) groups excluding carboxylic acids is 2. The quantitative estimate of drug-likeness (QED) is 0.343. The van der Waals surface area contributed by atoms with Crippen LogP contribution in [0.2, 0.25) is 0 Å². The molecule has 1 unspecified atom stereocenters. The van der Waals surface area contributed by atoms with Gasteiger partial charge in [0.1, 0.15) is 18.1 Å². The molecule has 4 aliphatic rings. The Bertz CT molecular complexity index is 968. The maximum atomic E-state index is 14.2. The van der Waals surface area contributed by atoms with Gasteiger partial charge in [0.15, 0.2) is 12.1 Å². The molecular weight excluding hydrogens is 550 g/mol. The number of Topliss-reactive ketones (excluding diaryl/α,β-unsaturated/α-hetero) is 1. The molecule has 1 N–H and O–H groups in total. The van der Waals surface area contributed by atoms with Crippen LogP contribution in [0.25, 0.3) is 0 Å². The van der Waals surface area contributed by atoms with Crippen molar-refractivity contribution in [2.45, 2.75) is 110 Å². The summed E-state index contributed by atoms with van der Waals surface area (Å²) in [6.45, 7) is 15.5. The third-order valence-electron chi connectivity index (χ3n) is 10.7. The van der Waals surface area contributed by atoms with Gasteiger partial charge in [0.25, 0.3) is 0 Å². The number of hydrogen-bond donors (Lipinski definition) is 1. The second-order valence-corrected chi connectivity index (χ2v) is 15.3. The first-order valence-corrected chi connectivity index (χ1v) is 16.4. The van der Waals surface area contributed by atoms with Crippen molar-refractivity contribution in [2.24, 2.45) is 29.1 Å². The molecule has 10 nitrogen and oxygen atoms in total. The number of likely N-dealkylation sites (N-methyl/N-ethyl adjacent to an activating group) is 2. The lowest BCUT2D eigenvalue weighted by Crippen LogP contribution is -2.59. The summed E-state index contributed by atoms with van der Waals surface area (Å²) in [5, 5.41) is 11.3. The van der Waals surface area contributed by atoms with Gasteiger partial charge in [0.2, 0.25) is 0 Å². The number of ketones is 1. The van der Waals surface area contributed by atoms with E-state index in [1.807, 2.05) is 32.8 Å². The predicted octanol–water partition coefficient (Wildman–Crippen LogP) is 2.66. The number of methoxy groups -OCH3 is 1. The van der Waals surface area contributed by atoms with Gasteiger partial charge in [-0.1, -0.05) is 13.8 Å². The number of nitrogens with zero attached hydrogens (tertiary/aromatic N) is 3. The van der Waals surface area contributed by atoms with E-state index in [1.165, 1.54) is 19.4 Å².